The Morgan fingerprint density at radius 3 is 3.03 bits per heavy atom. The number of carbonyl (C=O) groups is 1. The molecule has 6 nitrogen and oxygen atoms in total. The number of allylic oxidation sites excluding steroid dienone is 1. The molecule has 0 unspecified atom stereocenters. The molecule has 0 aliphatic carbocycles. The molecule has 1 aromatic carbocycles. The van der Waals surface area contributed by atoms with Crippen molar-refractivity contribution >= 4 is 17.2 Å². The summed E-state index contributed by atoms with van der Waals surface area (Å²) >= 11 is 1.74. The van der Waals surface area contributed by atoms with E-state index >= 15 is 0 Å². The van der Waals surface area contributed by atoms with E-state index in [1.54, 1.807) is 23.7 Å². The molecule has 0 spiro atoms. The average Bonchev–Trinajstić information content (AvgIpc) is 3.53. The molecule has 2 aromatic heterocycles. The van der Waals surface area contributed by atoms with E-state index in [2.05, 4.69) is 18.0 Å². The van der Waals surface area contributed by atoms with Gasteiger partial charge in [0.05, 0.1) is 31.5 Å². The maximum absolute atomic E-state index is 13.6. The Kier molecular flexibility index (Phi) is 8.79. The molecule has 1 N–H and O–H groups in total. The maximum Gasteiger partial charge on any atom is 0.237 e. The van der Waals surface area contributed by atoms with Gasteiger partial charge in [-0.3, -0.25) is 9.69 Å². The Morgan fingerprint density at radius 2 is 2.26 bits per heavy atom. The molecule has 4 rings (SSSR count). The smallest absolute Gasteiger partial charge is 0.237 e. The van der Waals surface area contributed by atoms with Crippen LogP contribution in [-0.4, -0.2) is 53.2 Å². The van der Waals surface area contributed by atoms with Gasteiger partial charge in [-0.05, 0) is 73.0 Å². The summed E-state index contributed by atoms with van der Waals surface area (Å²) < 4.78 is 11.7. The molecule has 1 amide bonds. The Morgan fingerprint density at radius 1 is 1.37 bits per heavy atom. The van der Waals surface area contributed by atoms with E-state index in [1.165, 1.54) is 10.4 Å². The van der Waals surface area contributed by atoms with Crippen LogP contribution in [0.5, 0.6) is 5.75 Å². The first-order valence-electron chi connectivity index (χ1n) is 12.1. The zero-order chi connectivity index (χ0) is 24.6. The van der Waals surface area contributed by atoms with Crippen LogP contribution < -0.4 is 4.74 Å². The number of carbonyl (C=O) groups excluding carboxylic acids is 1. The number of nitrogens with zero attached hydrogens (tertiary/aromatic N) is 2. The molecule has 186 valence electrons. The van der Waals surface area contributed by atoms with Gasteiger partial charge in [-0.2, -0.15) is 0 Å². The van der Waals surface area contributed by atoms with Crippen molar-refractivity contribution in [3.05, 3.63) is 88.5 Å². The van der Waals surface area contributed by atoms with Gasteiger partial charge in [0.15, 0.2) is 0 Å². The van der Waals surface area contributed by atoms with Crippen molar-refractivity contribution in [3.8, 4) is 5.75 Å². The van der Waals surface area contributed by atoms with Crippen molar-refractivity contribution in [2.75, 3.05) is 26.2 Å². The summed E-state index contributed by atoms with van der Waals surface area (Å²) in [5, 5.41) is 12.6. The van der Waals surface area contributed by atoms with Crippen LogP contribution in [0.4, 0.5) is 0 Å². The number of aliphatic hydroxyl groups excluding tert-OH is 1. The highest BCUT2D eigenvalue weighted by molar-refractivity contribution is 7.10. The highest BCUT2D eigenvalue weighted by Gasteiger charge is 2.33. The topological polar surface area (TPSA) is 66.2 Å². The van der Waals surface area contributed by atoms with Gasteiger partial charge in [0.2, 0.25) is 5.91 Å². The third-order valence-corrected chi connectivity index (χ3v) is 7.30. The molecule has 35 heavy (non-hydrogen) atoms. The molecule has 0 bridgehead atoms. The van der Waals surface area contributed by atoms with Crippen LogP contribution in [0.2, 0.25) is 0 Å². The summed E-state index contributed by atoms with van der Waals surface area (Å²) in [6.45, 7) is 7.89. The predicted molar refractivity (Wildman–Crippen MR) is 139 cm³/mol. The minimum atomic E-state index is -0.541. The molecule has 1 aliphatic heterocycles. The Balaban J connectivity index is 1.48. The third kappa shape index (κ3) is 6.84. The first-order valence-corrected chi connectivity index (χ1v) is 13.0. The second kappa shape index (κ2) is 12.2. The van der Waals surface area contributed by atoms with Gasteiger partial charge < -0.3 is 19.2 Å². The highest BCUT2D eigenvalue weighted by atomic mass is 32.1. The number of aryl methyl sites for hydroxylation is 1. The summed E-state index contributed by atoms with van der Waals surface area (Å²) in [4.78, 5) is 18.9. The monoisotopic (exact) mass is 494 g/mol. The molecule has 0 saturated heterocycles. The predicted octanol–water partition coefficient (Wildman–Crippen LogP) is 4.98. The third-order valence-electron chi connectivity index (χ3n) is 6.30. The summed E-state index contributed by atoms with van der Waals surface area (Å²) in [5.41, 5.74) is 2.31. The van der Waals surface area contributed by atoms with Crippen LogP contribution in [0.25, 0.3) is 0 Å². The second-order valence-electron chi connectivity index (χ2n) is 9.05. The van der Waals surface area contributed by atoms with Crippen LogP contribution in [0.1, 0.15) is 40.6 Å². The number of hydrogen-bond donors (Lipinski definition) is 1. The van der Waals surface area contributed by atoms with Crippen molar-refractivity contribution in [2.45, 2.75) is 44.9 Å². The summed E-state index contributed by atoms with van der Waals surface area (Å²) in [6.07, 6.45) is 5.08. The van der Waals surface area contributed by atoms with Gasteiger partial charge in [-0.25, -0.2) is 0 Å². The second-order valence-corrected chi connectivity index (χ2v) is 10.0. The first kappa shape index (κ1) is 25.2. The van der Waals surface area contributed by atoms with Crippen LogP contribution in [0.15, 0.2) is 71.2 Å². The molecular weight excluding hydrogens is 460 g/mol. The fourth-order valence-corrected chi connectivity index (χ4v) is 5.47. The Hall–Kier alpha value is -2.87. The standard InChI is InChI=1S/C28H34N2O4S/c1-3-4-8-22(31)17-29(18-24-10-6-14-33-24)19-28(32)30-13-11-27-25(12-15-35-27)26(30)20-34-23-9-5-7-21(2)16-23/h3,5-7,9-10,12,14-16,22,26,31H,1,4,8,11,13,17-20H2,2H3/t22-,26+/m0/s1. The van der Waals surface area contributed by atoms with Crippen LogP contribution in [0, 0.1) is 6.92 Å². The zero-order valence-electron chi connectivity index (χ0n) is 20.3. The van der Waals surface area contributed by atoms with Crippen LogP contribution in [0.3, 0.4) is 0 Å². The minimum Gasteiger partial charge on any atom is -0.491 e. The first-order chi connectivity index (χ1) is 17.0. The van der Waals surface area contributed by atoms with Gasteiger partial charge in [-0.15, -0.1) is 17.9 Å². The largest absolute Gasteiger partial charge is 0.491 e. The number of benzene rings is 1. The Labute approximate surface area is 211 Å². The molecule has 3 aromatic rings. The normalized spacial score (nSPS) is 16.2. The molecule has 0 radical (unpaired) electrons. The number of fused-ring (bicyclic) bond motifs is 1. The van der Waals surface area contributed by atoms with Gasteiger partial charge in [0.25, 0.3) is 0 Å². The lowest BCUT2D eigenvalue weighted by Gasteiger charge is -2.37. The van der Waals surface area contributed by atoms with Crippen LogP contribution >= 0.6 is 11.3 Å². The highest BCUT2D eigenvalue weighted by Crippen LogP contribution is 2.34. The molecule has 1 aliphatic rings. The SMILES string of the molecule is C=CCC[C@H](O)CN(CC(=O)N1CCc2sccc2[C@H]1COc1cccc(C)c1)Cc1ccco1. The lowest BCUT2D eigenvalue weighted by Crippen LogP contribution is -2.47. The van der Waals surface area contributed by atoms with E-state index in [0.717, 1.165) is 29.9 Å². The van der Waals surface area contributed by atoms with Gasteiger partial charge in [0.1, 0.15) is 18.1 Å². The van der Waals surface area contributed by atoms with Gasteiger partial charge in [0, 0.05) is 18.0 Å². The van der Waals surface area contributed by atoms with E-state index in [4.69, 9.17) is 9.15 Å². The minimum absolute atomic E-state index is 0.0298. The number of rotatable bonds is 12. The molecule has 0 saturated carbocycles. The number of thiophene rings is 1. The van der Waals surface area contributed by atoms with E-state index in [9.17, 15) is 9.90 Å². The van der Waals surface area contributed by atoms with Crippen molar-refractivity contribution in [1.29, 1.82) is 0 Å². The number of furan rings is 1. The van der Waals surface area contributed by atoms with E-state index < -0.39 is 6.10 Å². The Bertz CT molecular complexity index is 1090. The summed E-state index contributed by atoms with van der Waals surface area (Å²) in [5.74, 6) is 1.61. The number of ether oxygens (including phenoxy) is 1. The lowest BCUT2D eigenvalue weighted by atomic mass is 10.0. The fraction of sp³-hybridized carbons (Fsp3) is 0.393. The maximum atomic E-state index is 13.6. The summed E-state index contributed by atoms with van der Waals surface area (Å²) in [6, 6.07) is 13.7. The molecular formula is C28H34N2O4S. The number of hydrogen-bond acceptors (Lipinski definition) is 6. The van der Waals surface area contributed by atoms with Gasteiger partial charge in [-0.1, -0.05) is 18.2 Å². The average molecular weight is 495 g/mol. The quantitative estimate of drug-likeness (QED) is 0.360. The van der Waals surface area contributed by atoms with Crippen molar-refractivity contribution < 1.29 is 19.1 Å². The van der Waals surface area contributed by atoms with E-state index in [1.807, 2.05) is 53.1 Å². The fourth-order valence-electron chi connectivity index (χ4n) is 4.54. The lowest BCUT2D eigenvalue weighted by molar-refractivity contribution is -0.136. The molecule has 7 heteroatoms. The van der Waals surface area contributed by atoms with Crippen molar-refractivity contribution in [1.82, 2.24) is 9.80 Å². The number of aliphatic hydroxyl groups is 1. The van der Waals surface area contributed by atoms with E-state index in [0.29, 0.717) is 32.7 Å². The number of amides is 1. The van der Waals surface area contributed by atoms with Gasteiger partial charge >= 0.3 is 0 Å². The molecule has 2 atom stereocenters. The van der Waals surface area contributed by atoms with Crippen LogP contribution in [-0.2, 0) is 17.8 Å². The summed E-state index contributed by atoms with van der Waals surface area (Å²) in [7, 11) is 0. The van der Waals surface area contributed by atoms with Crippen molar-refractivity contribution in [3.63, 3.8) is 0 Å². The zero-order valence-corrected chi connectivity index (χ0v) is 21.1. The molecule has 0 fully saturated rings. The van der Waals surface area contributed by atoms with Crippen molar-refractivity contribution in [2.24, 2.45) is 0 Å². The molecule has 3 heterocycles. The van der Waals surface area contributed by atoms with E-state index in [-0.39, 0.29) is 18.5 Å².